The molecule has 2 aromatic heterocycles. The third-order valence-electron chi connectivity index (χ3n) is 3.63. The van der Waals surface area contributed by atoms with Crippen LogP contribution in [0.1, 0.15) is 39.7 Å². The molecule has 1 aliphatic rings. The smallest absolute Gasteiger partial charge is 0.362 e. The molecule has 0 bridgehead atoms. The number of anilines is 2. The van der Waals surface area contributed by atoms with Crippen molar-refractivity contribution in [2.75, 3.05) is 24.3 Å². The molecule has 0 atom stereocenters. The highest BCUT2D eigenvalue weighted by molar-refractivity contribution is 7.08. The lowest BCUT2D eigenvalue weighted by atomic mass is 10.1. The van der Waals surface area contributed by atoms with Gasteiger partial charge in [0.05, 0.1) is 0 Å². The zero-order valence-corrected chi connectivity index (χ0v) is 13.8. The number of hydrogen-bond donors (Lipinski definition) is 1. The molecule has 128 valence electrons. The summed E-state index contributed by atoms with van der Waals surface area (Å²) < 4.78 is 42.4. The molecule has 1 N–H and O–H groups in total. The van der Waals surface area contributed by atoms with E-state index in [1.807, 2.05) is 19.0 Å². The van der Waals surface area contributed by atoms with Gasteiger partial charge in [0, 0.05) is 31.5 Å². The van der Waals surface area contributed by atoms with Crippen LogP contribution in [0.5, 0.6) is 0 Å². The maximum Gasteiger partial charge on any atom is 0.433 e. The highest BCUT2D eigenvalue weighted by atomic mass is 32.1. The molecule has 1 fully saturated rings. The molecule has 0 unspecified atom stereocenters. The van der Waals surface area contributed by atoms with Gasteiger partial charge < -0.3 is 10.2 Å². The number of rotatable bonds is 4. The molecule has 0 spiro atoms. The number of hydrogen-bond acceptors (Lipinski definition) is 5. The minimum atomic E-state index is -4.55. The van der Waals surface area contributed by atoms with E-state index in [0.29, 0.717) is 10.8 Å². The van der Waals surface area contributed by atoms with Gasteiger partial charge >= 0.3 is 6.18 Å². The third-order valence-corrected chi connectivity index (χ3v) is 4.48. The molecule has 24 heavy (non-hydrogen) atoms. The van der Waals surface area contributed by atoms with Gasteiger partial charge in [0.2, 0.25) is 0 Å². The fourth-order valence-electron chi connectivity index (χ4n) is 2.37. The number of halogens is 3. The molecule has 1 amide bonds. The van der Waals surface area contributed by atoms with E-state index >= 15 is 0 Å². The lowest BCUT2D eigenvalue weighted by Gasteiger charge is -2.12. The monoisotopic (exact) mass is 356 g/mol. The zero-order chi connectivity index (χ0) is 17.5. The Morgan fingerprint density at radius 1 is 1.38 bits per heavy atom. The second-order valence-electron chi connectivity index (χ2n) is 5.80. The van der Waals surface area contributed by atoms with E-state index in [0.717, 1.165) is 48.0 Å². The highest BCUT2D eigenvalue weighted by Gasteiger charge is 2.35. The van der Waals surface area contributed by atoms with Crippen molar-refractivity contribution >= 4 is 28.9 Å². The Morgan fingerprint density at radius 2 is 2.08 bits per heavy atom. The summed E-state index contributed by atoms with van der Waals surface area (Å²) in [5.41, 5.74) is -0.0996. The molecule has 0 radical (unpaired) electrons. The van der Waals surface area contributed by atoms with Crippen molar-refractivity contribution in [3.8, 4) is 0 Å². The summed E-state index contributed by atoms with van der Waals surface area (Å²) in [6.45, 7) is 0. The first-order valence-corrected chi connectivity index (χ1v) is 8.06. The Balaban J connectivity index is 1.86. The quantitative estimate of drug-likeness (QED) is 0.906. The van der Waals surface area contributed by atoms with E-state index in [9.17, 15) is 18.0 Å². The van der Waals surface area contributed by atoms with Crippen molar-refractivity contribution in [1.29, 1.82) is 0 Å². The number of nitrogens with zero attached hydrogens (tertiary/aromatic N) is 3. The summed E-state index contributed by atoms with van der Waals surface area (Å²) >= 11 is 1.07. The Morgan fingerprint density at radius 3 is 2.67 bits per heavy atom. The number of alkyl halides is 3. The fraction of sp³-hybridized carbons (Fsp3) is 0.400. The molecule has 9 heteroatoms. The molecule has 1 saturated carbocycles. The molecular weight excluding hydrogens is 341 g/mol. The average Bonchev–Trinajstić information content (AvgIpc) is 3.24. The predicted octanol–water partition coefficient (Wildman–Crippen LogP) is 3.75. The Labute approximate surface area is 140 Å². The molecule has 2 heterocycles. The largest absolute Gasteiger partial charge is 0.433 e. The number of carbonyl (C=O) groups excluding carboxylic acids is 1. The van der Waals surface area contributed by atoms with E-state index in [2.05, 4.69) is 14.7 Å². The van der Waals surface area contributed by atoms with Crippen LogP contribution in [0.25, 0.3) is 0 Å². The number of carbonyl (C=O) groups is 1. The van der Waals surface area contributed by atoms with Crippen LogP contribution in [-0.4, -0.2) is 29.4 Å². The van der Waals surface area contributed by atoms with E-state index in [4.69, 9.17) is 0 Å². The summed E-state index contributed by atoms with van der Waals surface area (Å²) in [6, 6.07) is 2.15. The molecule has 5 nitrogen and oxygen atoms in total. The van der Waals surface area contributed by atoms with Crippen LogP contribution in [-0.2, 0) is 6.18 Å². The molecule has 1 aliphatic carbocycles. The van der Waals surface area contributed by atoms with Crippen LogP contribution in [0.2, 0.25) is 0 Å². The van der Waals surface area contributed by atoms with Crippen LogP contribution in [0.3, 0.4) is 0 Å². The Kier molecular flexibility index (Phi) is 4.20. The van der Waals surface area contributed by atoms with Gasteiger partial charge in [-0.05, 0) is 42.4 Å². The van der Waals surface area contributed by atoms with Gasteiger partial charge in [0.15, 0.2) is 0 Å². The lowest BCUT2D eigenvalue weighted by Crippen LogP contribution is -2.15. The standard InChI is InChI=1S/C15H15F3N4OS/c1-22(2)13-11(8-3-4-8)12(24-21-13)14(23)20-9-5-6-19-10(7-9)15(16,17)18/h5-8H,3-4H2,1-2H3,(H,19,20,23). The van der Waals surface area contributed by atoms with Crippen LogP contribution < -0.4 is 10.2 Å². The number of aromatic nitrogens is 2. The van der Waals surface area contributed by atoms with Gasteiger partial charge in [-0.25, -0.2) is 0 Å². The van der Waals surface area contributed by atoms with Gasteiger partial charge in [-0.3, -0.25) is 9.78 Å². The maximum atomic E-state index is 12.7. The van der Waals surface area contributed by atoms with Crippen molar-refractivity contribution in [3.63, 3.8) is 0 Å². The molecule has 0 aromatic carbocycles. The minimum Gasteiger partial charge on any atom is -0.362 e. The number of amides is 1. The van der Waals surface area contributed by atoms with Crippen LogP contribution >= 0.6 is 11.5 Å². The predicted molar refractivity (Wildman–Crippen MR) is 85.6 cm³/mol. The first-order chi connectivity index (χ1) is 11.3. The van der Waals surface area contributed by atoms with Crippen molar-refractivity contribution in [2.24, 2.45) is 0 Å². The van der Waals surface area contributed by atoms with Crippen LogP contribution in [0, 0.1) is 0 Å². The van der Waals surface area contributed by atoms with Crippen molar-refractivity contribution in [1.82, 2.24) is 9.36 Å². The summed E-state index contributed by atoms with van der Waals surface area (Å²) in [5.74, 6) is 0.602. The normalized spacial score (nSPS) is 14.5. The Bertz CT molecular complexity index is 768. The van der Waals surface area contributed by atoms with Crippen LogP contribution in [0.4, 0.5) is 24.7 Å². The van der Waals surface area contributed by atoms with Gasteiger partial charge in [-0.2, -0.15) is 17.5 Å². The molecule has 0 aliphatic heterocycles. The summed E-state index contributed by atoms with van der Waals surface area (Å²) in [5, 5.41) is 2.52. The van der Waals surface area contributed by atoms with Crippen molar-refractivity contribution in [2.45, 2.75) is 24.9 Å². The molecular formula is C15H15F3N4OS. The number of pyridine rings is 1. The molecule has 3 rings (SSSR count). The van der Waals surface area contributed by atoms with E-state index in [1.165, 1.54) is 6.07 Å². The molecule has 2 aromatic rings. The second-order valence-corrected chi connectivity index (χ2v) is 6.57. The van der Waals surface area contributed by atoms with E-state index < -0.39 is 17.8 Å². The third kappa shape index (κ3) is 3.35. The highest BCUT2D eigenvalue weighted by Crippen LogP contribution is 2.47. The van der Waals surface area contributed by atoms with Gasteiger partial charge in [0.1, 0.15) is 16.4 Å². The van der Waals surface area contributed by atoms with Crippen molar-refractivity contribution in [3.05, 3.63) is 34.5 Å². The van der Waals surface area contributed by atoms with Gasteiger partial charge in [0.25, 0.3) is 5.91 Å². The first kappa shape index (κ1) is 16.7. The molecule has 0 saturated heterocycles. The SMILES string of the molecule is CN(C)c1nsc(C(=O)Nc2ccnc(C(F)(F)F)c2)c1C1CC1. The van der Waals surface area contributed by atoms with Gasteiger partial charge in [-0.1, -0.05) is 0 Å². The van der Waals surface area contributed by atoms with Crippen LogP contribution in [0.15, 0.2) is 18.3 Å². The maximum absolute atomic E-state index is 12.7. The lowest BCUT2D eigenvalue weighted by molar-refractivity contribution is -0.141. The fourth-order valence-corrected chi connectivity index (χ4v) is 3.30. The zero-order valence-electron chi connectivity index (χ0n) is 13.0. The topological polar surface area (TPSA) is 58.1 Å². The summed E-state index contributed by atoms with van der Waals surface area (Å²) in [4.78, 5) is 18.1. The Hall–Kier alpha value is -2.16. The first-order valence-electron chi connectivity index (χ1n) is 7.29. The number of nitrogens with one attached hydrogen (secondary N) is 1. The van der Waals surface area contributed by atoms with Crippen molar-refractivity contribution < 1.29 is 18.0 Å². The summed E-state index contributed by atoms with van der Waals surface area (Å²) in [7, 11) is 3.70. The van der Waals surface area contributed by atoms with Gasteiger partial charge in [-0.15, -0.1) is 0 Å². The summed E-state index contributed by atoms with van der Waals surface area (Å²) in [6.07, 6.45) is -1.54. The minimum absolute atomic E-state index is 0.0591. The van der Waals surface area contributed by atoms with E-state index in [1.54, 1.807) is 0 Å². The second kappa shape index (κ2) is 6.04. The average molecular weight is 356 g/mol. The van der Waals surface area contributed by atoms with E-state index in [-0.39, 0.29) is 5.69 Å².